The zero-order valence-electron chi connectivity index (χ0n) is 14.0. The number of carbonyl (C=O) groups excluding carboxylic acids is 1. The third-order valence-corrected chi connectivity index (χ3v) is 5.96. The Balaban J connectivity index is 3.23. The lowest BCUT2D eigenvalue weighted by Gasteiger charge is -2.20. The zero-order valence-corrected chi connectivity index (χ0v) is 14.8. The molecule has 0 aromatic heterocycles. The van der Waals surface area contributed by atoms with Gasteiger partial charge in [-0.15, -0.1) is 0 Å². The average molecular weight is 326 g/mol. The van der Waals surface area contributed by atoms with E-state index in [4.69, 9.17) is 0 Å². The van der Waals surface area contributed by atoms with Gasteiger partial charge in [0.1, 0.15) is 0 Å². The standard InChI is InChI=1S/C16H26N2O3S/c1-6-13(5)17-16(19)14-10-9-12(4)15(11-14)22(20,21)18(7-2)8-3/h9-11,13H,6-8H2,1-5H3,(H,17,19). The topological polar surface area (TPSA) is 66.5 Å². The highest BCUT2D eigenvalue weighted by atomic mass is 32.2. The summed E-state index contributed by atoms with van der Waals surface area (Å²) in [5.41, 5.74) is 1.02. The number of hydrogen-bond acceptors (Lipinski definition) is 3. The predicted octanol–water partition coefficient (Wildman–Crippen LogP) is 2.55. The molecule has 22 heavy (non-hydrogen) atoms. The van der Waals surface area contributed by atoms with E-state index < -0.39 is 10.0 Å². The summed E-state index contributed by atoms with van der Waals surface area (Å²) in [5.74, 6) is -0.245. The Kier molecular flexibility index (Phi) is 6.56. The molecule has 1 atom stereocenters. The van der Waals surface area contributed by atoms with Gasteiger partial charge in [0.25, 0.3) is 5.91 Å². The molecule has 1 aromatic rings. The number of carbonyl (C=O) groups is 1. The van der Waals surface area contributed by atoms with Gasteiger partial charge in [-0.1, -0.05) is 26.8 Å². The Labute approximate surface area is 133 Å². The van der Waals surface area contributed by atoms with E-state index in [1.807, 2.05) is 13.8 Å². The van der Waals surface area contributed by atoms with E-state index in [0.29, 0.717) is 24.2 Å². The van der Waals surface area contributed by atoms with Gasteiger partial charge in [0.05, 0.1) is 4.90 Å². The minimum absolute atomic E-state index is 0.0524. The first-order chi connectivity index (χ1) is 10.3. The molecule has 1 N–H and O–H groups in total. The summed E-state index contributed by atoms with van der Waals surface area (Å²) < 4.78 is 26.7. The molecular formula is C16H26N2O3S. The van der Waals surface area contributed by atoms with E-state index in [-0.39, 0.29) is 16.8 Å². The van der Waals surface area contributed by atoms with Crippen LogP contribution in [0, 0.1) is 6.92 Å². The van der Waals surface area contributed by atoms with Gasteiger partial charge in [0.2, 0.25) is 10.0 Å². The van der Waals surface area contributed by atoms with Gasteiger partial charge in [-0.2, -0.15) is 4.31 Å². The molecule has 0 aliphatic heterocycles. The van der Waals surface area contributed by atoms with E-state index in [1.165, 1.54) is 10.4 Å². The van der Waals surface area contributed by atoms with Gasteiger partial charge in [-0.25, -0.2) is 8.42 Å². The number of nitrogens with one attached hydrogen (secondary N) is 1. The van der Waals surface area contributed by atoms with Gasteiger partial charge in [-0.3, -0.25) is 4.79 Å². The second-order valence-electron chi connectivity index (χ2n) is 5.35. The Morgan fingerprint density at radius 1 is 1.23 bits per heavy atom. The molecule has 0 saturated heterocycles. The average Bonchev–Trinajstić information content (AvgIpc) is 2.48. The summed E-state index contributed by atoms with van der Waals surface area (Å²) in [6.07, 6.45) is 0.822. The fourth-order valence-electron chi connectivity index (χ4n) is 2.13. The Hall–Kier alpha value is -1.40. The van der Waals surface area contributed by atoms with Crippen LogP contribution in [-0.4, -0.2) is 37.8 Å². The second kappa shape index (κ2) is 7.74. The van der Waals surface area contributed by atoms with E-state index >= 15 is 0 Å². The molecule has 1 rings (SSSR count). The van der Waals surface area contributed by atoms with Crippen LogP contribution in [0.15, 0.2) is 23.1 Å². The molecule has 1 unspecified atom stereocenters. The highest BCUT2D eigenvalue weighted by Gasteiger charge is 2.24. The first kappa shape index (κ1) is 18.6. The smallest absolute Gasteiger partial charge is 0.251 e. The molecule has 124 valence electrons. The number of amides is 1. The van der Waals surface area contributed by atoms with Crippen molar-refractivity contribution in [2.75, 3.05) is 13.1 Å². The van der Waals surface area contributed by atoms with E-state index in [2.05, 4.69) is 5.32 Å². The maximum absolute atomic E-state index is 12.7. The van der Waals surface area contributed by atoms with Crippen LogP contribution in [-0.2, 0) is 10.0 Å². The number of aryl methyl sites for hydroxylation is 1. The molecule has 0 saturated carbocycles. The molecule has 0 aliphatic rings. The molecule has 0 bridgehead atoms. The minimum Gasteiger partial charge on any atom is -0.350 e. The highest BCUT2D eigenvalue weighted by molar-refractivity contribution is 7.89. The zero-order chi connectivity index (χ0) is 16.9. The Morgan fingerprint density at radius 3 is 2.32 bits per heavy atom. The van der Waals surface area contributed by atoms with Crippen LogP contribution >= 0.6 is 0 Å². The summed E-state index contributed by atoms with van der Waals surface area (Å²) in [7, 11) is -3.57. The van der Waals surface area contributed by atoms with Crippen LogP contribution in [0.3, 0.4) is 0 Å². The minimum atomic E-state index is -3.57. The molecule has 1 amide bonds. The number of sulfonamides is 1. The van der Waals surface area contributed by atoms with Gasteiger partial charge in [0.15, 0.2) is 0 Å². The third kappa shape index (κ3) is 4.08. The predicted molar refractivity (Wildman–Crippen MR) is 88.5 cm³/mol. The van der Waals surface area contributed by atoms with Crippen molar-refractivity contribution >= 4 is 15.9 Å². The summed E-state index contributed by atoms with van der Waals surface area (Å²) in [4.78, 5) is 12.4. The van der Waals surface area contributed by atoms with Gasteiger partial charge in [0, 0.05) is 24.7 Å². The van der Waals surface area contributed by atoms with E-state index in [9.17, 15) is 13.2 Å². The van der Waals surface area contributed by atoms with Crippen molar-refractivity contribution in [3.05, 3.63) is 29.3 Å². The molecule has 0 spiro atoms. The second-order valence-corrected chi connectivity index (χ2v) is 7.26. The largest absolute Gasteiger partial charge is 0.350 e. The van der Waals surface area contributed by atoms with Crippen molar-refractivity contribution in [1.29, 1.82) is 0 Å². The maximum Gasteiger partial charge on any atom is 0.251 e. The van der Waals surface area contributed by atoms with Gasteiger partial charge < -0.3 is 5.32 Å². The Bertz CT molecular complexity index is 622. The molecule has 0 heterocycles. The molecule has 0 fully saturated rings. The number of rotatable bonds is 7. The fourth-order valence-corrected chi connectivity index (χ4v) is 3.84. The molecule has 1 aromatic carbocycles. The van der Waals surface area contributed by atoms with Crippen molar-refractivity contribution in [2.45, 2.75) is 52.0 Å². The van der Waals surface area contributed by atoms with Gasteiger partial charge >= 0.3 is 0 Å². The fraction of sp³-hybridized carbons (Fsp3) is 0.562. The monoisotopic (exact) mass is 326 g/mol. The van der Waals surface area contributed by atoms with Crippen LogP contribution in [0.1, 0.15) is 50.0 Å². The van der Waals surface area contributed by atoms with Crippen LogP contribution in [0.25, 0.3) is 0 Å². The van der Waals surface area contributed by atoms with E-state index in [0.717, 1.165) is 6.42 Å². The van der Waals surface area contributed by atoms with Crippen molar-refractivity contribution < 1.29 is 13.2 Å². The number of benzene rings is 1. The maximum atomic E-state index is 12.7. The molecular weight excluding hydrogens is 300 g/mol. The van der Waals surface area contributed by atoms with E-state index in [1.54, 1.807) is 32.9 Å². The highest BCUT2D eigenvalue weighted by Crippen LogP contribution is 2.21. The Morgan fingerprint density at radius 2 is 1.82 bits per heavy atom. The SMILES string of the molecule is CCC(C)NC(=O)c1ccc(C)c(S(=O)(=O)N(CC)CC)c1. The number of hydrogen-bond donors (Lipinski definition) is 1. The lowest BCUT2D eigenvalue weighted by molar-refractivity contribution is 0.0939. The summed E-state index contributed by atoms with van der Waals surface area (Å²) in [6.45, 7) is 10.1. The summed E-state index contributed by atoms with van der Waals surface area (Å²) in [5, 5.41) is 2.85. The van der Waals surface area contributed by atoms with Crippen LogP contribution in [0.2, 0.25) is 0 Å². The lowest BCUT2D eigenvalue weighted by Crippen LogP contribution is -2.33. The van der Waals surface area contributed by atoms with Crippen molar-refractivity contribution in [1.82, 2.24) is 9.62 Å². The quantitative estimate of drug-likeness (QED) is 0.837. The normalized spacial score (nSPS) is 13.2. The van der Waals surface area contributed by atoms with Crippen molar-refractivity contribution in [3.63, 3.8) is 0 Å². The van der Waals surface area contributed by atoms with Gasteiger partial charge in [-0.05, 0) is 38.0 Å². The van der Waals surface area contributed by atoms with Crippen molar-refractivity contribution in [3.8, 4) is 0 Å². The van der Waals surface area contributed by atoms with Crippen LogP contribution in [0.4, 0.5) is 0 Å². The summed E-state index contributed by atoms with van der Waals surface area (Å²) >= 11 is 0. The van der Waals surface area contributed by atoms with Crippen LogP contribution in [0.5, 0.6) is 0 Å². The first-order valence-electron chi connectivity index (χ1n) is 7.69. The summed E-state index contributed by atoms with van der Waals surface area (Å²) in [6, 6.07) is 4.87. The molecule has 0 radical (unpaired) electrons. The molecule has 5 nitrogen and oxygen atoms in total. The van der Waals surface area contributed by atoms with Crippen molar-refractivity contribution in [2.24, 2.45) is 0 Å². The van der Waals surface area contributed by atoms with Crippen LogP contribution < -0.4 is 5.32 Å². The molecule has 6 heteroatoms. The first-order valence-corrected chi connectivity index (χ1v) is 9.13. The third-order valence-electron chi connectivity index (χ3n) is 3.76. The lowest BCUT2D eigenvalue weighted by atomic mass is 10.1. The molecule has 0 aliphatic carbocycles. The number of nitrogens with zero attached hydrogens (tertiary/aromatic N) is 1.